The Morgan fingerprint density at radius 2 is 1.96 bits per heavy atom. The summed E-state index contributed by atoms with van der Waals surface area (Å²) in [5.41, 5.74) is -1.45. The molecule has 0 atom stereocenters. The molecule has 0 amide bonds. The number of carbonyl (C=O) groups excluding carboxylic acids is 1. The molecular formula is C14H11F4NO4S2. The average molecular weight is 397 g/mol. The molecule has 0 unspecified atom stereocenters. The molecule has 1 N–H and O–H groups in total. The van der Waals surface area contributed by atoms with Crippen molar-refractivity contribution in [2.45, 2.75) is 17.6 Å². The van der Waals surface area contributed by atoms with Crippen LogP contribution in [-0.4, -0.2) is 21.5 Å². The number of alkyl halides is 3. The molecule has 0 saturated heterocycles. The molecule has 0 bridgehead atoms. The van der Waals surface area contributed by atoms with E-state index in [-0.39, 0.29) is 15.3 Å². The number of methoxy groups -OCH3 is 1. The first-order chi connectivity index (χ1) is 11.5. The Morgan fingerprint density at radius 3 is 2.56 bits per heavy atom. The minimum atomic E-state index is -4.76. The molecule has 25 heavy (non-hydrogen) atoms. The highest BCUT2D eigenvalue weighted by Crippen LogP contribution is 2.30. The van der Waals surface area contributed by atoms with Crippen LogP contribution in [-0.2, 0) is 27.5 Å². The van der Waals surface area contributed by atoms with Gasteiger partial charge in [-0.15, -0.1) is 11.3 Å². The maximum Gasteiger partial charge on any atom is 0.416 e. The predicted molar refractivity (Wildman–Crippen MR) is 81.1 cm³/mol. The van der Waals surface area contributed by atoms with Crippen molar-refractivity contribution in [3.05, 3.63) is 51.5 Å². The lowest BCUT2D eigenvalue weighted by Gasteiger charge is -2.11. The van der Waals surface area contributed by atoms with Gasteiger partial charge >= 0.3 is 12.1 Å². The third-order valence-corrected chi connectivity index (χ3v) is 5.51. The number of sulfonamides is 1. The van der Waals surface area contributed by atoms with Crippen molar-refractivity contribution in [3.63, 3.8) is 0 Å². The van der Waals surface area contributed by atoms with Crippen LogP contribution >= 0.6 is 11.3 Å². The SMILES string of the molecule is COC(=O)c1sccc1S(=O)(=O)NCc1cc(F)cc(C(F)(F)F)c1. The van der Waals surface area contributed by atoms with E-state index in [1.165, 1.54) is 5.38 Å². The number of esters is 1. The van der Waals surface area contributed by atoms with Crippen LogP contribution in [0, 0.1) is 5.82 Å². The number of hydrogen-bond acceptors (Lipinski definition) is 5. The third-order valence-electron chi connectivity index (χ3n) is 3.04. The van der Waals surface area contributed by atoms with E-state index in [0.717, 1.165) is 30.6 Å². The van der Waals surface area contributed by atoms with Gasteiger partial charge < -0.3 is 4.74 Å². The fourth-order valence-electron chi connectivity index (χ4n) is 1.92. The summed E-state index contributed by atoms with van der Waals surface area (Å²) in [6, 6.07) is 2.89. The number of benzene rings is 1. The molecule has 0 radical (unpaired) electrons. The van der Waals surface area contributed by atoms with Gasteiger partial charge in [0.05, 0.1) is 12.7 Å². The molecule has 0 aliphatic heterocycles. The van der Waals surface area contributed by atoms with Crippen molar-refractivity contribution in [2.24, 2.45) is 0 Å². The van der Waals surface area contributed by atoms with Crippen LogP contribution in [0.3, 0.4) is 0 Å². The van der Waals surface area contributed by atoms with Crippen LogP contribution in [0.15, 0.2) is 34.5 Å². The summed E-state index contributed by atoms with van der Waals surface area (Å²) < 4.78 is 82.3. The van der Waals surface area contributed by atoms with Gasteiger partial charge in [0.1, 0.15) is 15.6 Å². The highest BCUT2D eigenvalue weighted by atomic mass is 32.2. The van der Waals surface area contributed by atoms with E-state index in [0.29, 0.717) is 12.1 Å². The van der Waals surface area contributed by atoms with E-state index in [1.807, 2.05) is 4.72 Å². The second kappa shape index (κ2) is 7.10. The fourth-order valence-corrected chi connectivity index (χ4v) is 4.27. The van der Waals surface area contributed by atoms with Crippen molar-refractivity contribution < 1.29 is 35.5 Å². The zero-order valence-electron chi connectivity index (χ0n) is 12.6. The smallest absolute Gasteiger partial charge is 0.416 e. The Labute approximate surface area is 144 Å². The van der Waals surface area contributed by atoms with Gasteiger partial charge in [-0.05, 0) is 35.2 Å². The number of halogens is 4. The van der Waals surface area contributed by atoms with Crippen LogP contribution in [0.1, 0.15) is 20.8 Å². The van der Waals surface area contributed by atoms with Crippen molar-refractivity contribution in [2.75, 3.05) is 7.11 Å². The quantitative estimate of drug-likeness (QED) is 0.621. The number of nitrogens with one attached hydrogen (secondary N) is 1. The topological polar surface area (TPSA) is 72.5 Å². The first-order valence-electron chi connectivity index (χ1n) is 6.56. The number of rotatable bonds is 5. The third kappa shape index (κ3) is 4.55. The largest absolute Gasteiger partial charge is 0.465 e. The summed E-state index contributed by atoms with van der Waals surface area (Å²) in [4.78, 5) is 11.0. The lowest BCUT2D eigenvalue weighted by Crippen LogP contribution is -2.24. The zero-order chi connectivity index (χ0) is 18.8. The van der Waals surface area contributed by atoms with E-state index < -0.39 is 40.1 Å². The van der Waals surface area contributed by atoms with E-state index in [4.69, 9.17) is 0 Å². The second-order valence-electron chi connectivity index (χ2n) is 4.78. The van der Waals surface area contributed by atoms with E-state index in [1.54, 1.807) is 0 Å². The van der Waals surface area contributed by atoms with E-state index in [2.05, 4.69) is 4.74 Å². The Morgan fingerprint density at radius 1 is 1.28 bits per heavy atom. The molecule has 2 rings (SSSR count). The highest BCUT2D eigenvalue weighted by molar-refractivity contribution is 7.89. The molecule has 1 heterocycles. The van der Waals surface area contributed by atoms with Gasteiger partial charge in [-0.25, -0.2) is 22.3 Å². The highest BCUT2D eigenvalue weighted by Gasteiger charge is 2.31. The van der Waals surface area contributed by atoms with Crippen LogP contribution in [0.4, 0.5) is 17.6 Å². The summed E-state index contributed by atoms with van der Waals surface area (Å²) in [5.74, 6) is -2.00. The molecule has 0 spiro atoms. The molecule has 1 aromatic carbocycles. The molecule has 5 nitrogen and oxygen atoms in total. The van der Waals surface area contributed by atoms with Crippen LogP contribution in [0.25, 0.3) is 0 Å². The van der Waals surface area contributed by atoms with Crippen LogP contribution < -0.4 is 4.72 Å². The van der Waals surface area contributed by atoms with Crippen molar-refractivity contribution >= 4 is 27.3 Å². The van der Waals surface area contributed by atoms with E-state index in [9.17, 15) is 30.8 Å². The first-order valence-corrected chi connectivity index (χ1v) is 8.93. The zero-order valence-corrected chi connectivity index (χ0v) is 14.2. The van der Waals surface area contributed by atoms with Gasteiger partial charge in [-0.3, -0.25) is 0 Å². The van der Waals surface area contributed by atoms with Crippen molar-refractivity contribution in [1.82, 2.24) is 4.72 Å². The molecule has 0 saturated carbocycles. The standard InChI is InChI=1S/C14H11F4NO4S2/c1-23-13(20)12-11(2-3-24-12)25(21,22)19-7-8-4-9(14(16,17)18)6-10(15)5-8/h2-6,19H,7H2,1H3. The molecule has 0 aliphatic rings. The van der Waals surface area contributed by atoms with Gasteiger partial charge in [0, 0.05) is 6.54 Å². The Bertz CT molecular complexity index is 890. The lowest BCUT2D eigenvalue weighted by molar-refractivity contribution is -0.137. The van der Waals surface area contributed by atoms with Gasteiger partial charge in [0.25, 0.3) is 0 Å². The summed E-state index contributed by atoms with van der Waals surface area (Å²) in [6.45, 7) is -0.584. The van der Waals surface area contributed by atoms with Crippen molar-refractivity contribution in [1.29, 1.82) is 0 Å². The Kier molecular flexibility index (Phi) is 5.49. The summed E-state index contributed by atoms with van der Waals surface area (Å²) in [5, 5.41) is 1.35. The average Bonchev–Trinajstić information content (AvgIpc) is 3.01. The maximum atomic E-state index is 13.3. The minimum absolute atomic E-state index is 0.176. The Hall–Kier alpha value is -1.98. The summed E-state index contributed by atoms with van der Waals surface area (Å²) in [7, 11) is -3.13. The minimum Gasteiger partial charge on any atom is -0.465 e. The number of hydrogen-bond donors (Lipinski definition) is 1. The second-order valence-corrected chi connectivity index (χ2v) is 7.43. The summed E-state index contributed by atoms with van der Waals surface area (Å²) in [6.07, 6.45) is -4.76. The molecule has 0 fully saturated rings. The molecule has 11 heteroatoms. The van der Waals surface area contributed by atoms with Gasteiger partial charge in [-0.1, -0.05) is 0 Å². The Balaban J connectivity index is 2.25. The van der Waals surface area contributed by atoms with Gasteiger partial charge in [0.15, 0.2) is 0 Å². The van der Waals surface area contributed by atoms with Crippen molar-refractivity contribution in [3.8, 4) is 0 Å². The molecule has 0 aliphatic carbocycles. The number of thiophene rings is 1. The van der Waals surface area contributed by atoms with Gasteiger partial charge in [0.2, 0.25) is 10.0 Å². The lowest BCUT2D eigenvalue weighted by atomic mass is 10.1. The normalized spacial score (nSPS) is 12.2. The molecule has 136 valence electrons. The molecular weight excluding hydrogens is 386 g/mol. The summed E-state index contributed by atoms with van der Waals surface area (Å²) >= 11 is 0.837. The molecule has 1 aromatic heterocycles. The van der Waals surface area contributed by atoms with Gasteiger partial charge in [-0.2, -0.15) is 13.2 Å². The predicted octanol–water partition coefficient (Wildman–Crippen LogP) is 3.17. The monoisotopic (exact) mass is 397 g/mol. The molecule has 2 aromatic rings. The van der Waals surface area contributed by atoms with Crippen LogP contribution in [0.2, 0.25) is 0 Å². The fraction of sp³-hybridized carbons (Fsp3) is 0.214. The number of carbonyl (C=O) groups is 1. The van der Waals surface area contributed by atoms with E-state index >= 15 is 0 Å². The van der Waals surface area contributed by atoms with Crippen LogP contribution in [0.5, 0.6) is 0 Å². The number of ether oxygens (including phenoxy) is 1. The maximum absolute atomic E-state index is 13.3. The first kappa shape index (κ1) is 19.3.